The maximum absolute atomic E-state index is 12.7. The van der Waals surface area contributed by atoms with Crippen LogP contribution in [0.15, 0.2) is 58.5 Å². The summed E-state index contributed by atoms with van der Waals surface area (Å²) >= 11 is 1.46. The quantitative estimate of drug-likeness (QED) is 0.172. The number of nitrogens with zero attached hydrogens (tertiary/aromatic N) is 1. The van der Waals surface area contributed by atoms with Gasteiger partial charge in [-0.05, 0) is 56.7 Å². The van der Waals surface area contributed by atoms with E-state index in [-0.39, 0.29) is 5.97 Å². The molecule has 0 aliphatic rings. The van der Waals surface area contributed by atoms with Crippen molar-refractivity contribution in [1.82, 2.24) is 4.90 Å². The number of hydrogen-bond acceptors (Lipinski definition) is 4. The summed E-state index contributed by atoms with van der Waals surface area (Å²) in [6, 6.07) is 9.96. The Bertz CT molecular complexity index is 579. The fourth-order valence-electron chi connectivity index (χ4n) is 2.61. The van der Waals surface area contributed by atoms with E-state index in [1.54, 1.807) is 0 Å². The maximum atomic E-state index is 12.7. The van der Waals surface area contributed by atoms with Crippen molar-refractivity contribution < 1.29 is 9.53 Å². The minimum absolute atomic E-state index is 0.233. The normalized spacial score (nSPS) is 13.0. The van der Waals surface area contributed by atoms with Crippen molar-refractivity contribution in [2.24, 2.45) is 5.92 Å². The molecule has 0 radical (unpaired) electrons. The molecule has 1 aromatic carbocycles. The molecular formula is C23H35NO2S. The summed E-state index contributed by atoms with van der Waals surface area (Å²) in [4.78, 5) is 16.5. The van der Waals surface area contributed by atoms with Gasteiger partial charge in [-0.2, -0.15) is 0 Å². The molecular weight excluding hydrogens is 354 g/mol. The molecule has 0 saturated carbocycles. The van der Waals surface area contributed by atoms with Gasteiger partial charge in [-0.1, -0.05) is 63.1 Å². The highest BCUT2D eigenvalue weighted by atomic mass is 32.2. The van der Waals surface area contributed by atoms with Crippen LogP contribution < -0.4 is 0 Å². The number of thioether (sulfide) groups is 1. The van der Waals surface area contributed by atoms with Crippen molar-refractivity contribution in [3.63, 3.8) is 0 Å². The van der Waals surface area contributed by atoms with Crippen molar-refractivity contribution in [2.45, 2.75) is 58.3 Å². The van der Waals surface area contributed by atoms with Crippen molar-refractivity contribution >= 4 is 17.7 Å². The Hall–Kier alpha value is -1.68. The number of benzene rings is 1. The van der Waals surface area contributed by atoms with E-state index in [1.807, 2.05) is 48.7 Å². The molecule has 27 heavy (non-hydrogen) atoms. The fourth-order valence-corrected chi connectivity index (χ4v) is 3.44. The Morgan fingerprint density at radius 3 is 2.44 bits per heavy atom. The van der Waals surface area contributed by atoms with E-state index in [2.05, 4.69) is 32.6 Å². The predicted molar refractivity (Wildman–Crippen MR) is 117 cm³/mol. The van der Waals surface area contributed by atoms with Gasteiger partial charge in [-0.15, -0.1) is 0 Å². The molecule has 0 aliphatic heterocycles. The summed E-state index contributed by atoms with van der Waals surface area (Å²) in [6.07, 6.45) is 10.3. The standard InChI is InChI=1S/C23H35NO2S/c1-5-9-14-20(6-2)19-26-23(25)22(17-13-18-24(7-3)8-4)27-21-15-11-10-12-16-21/h10-13,15-18,20H,5-9,14,19H2,1-4H3/b18-13+,22-17+. The first kappa shape index (κ1) is 23.4. The van der Waals surface area contributed by atoms with E-state index in [0.29, 0.717) is 17.4 Å². The van der Waals surface area contributed by atoms with E-state index in [4.69, 9.17) is 4.74 Å². The molecule has 0 fully saturated rings. The van der Waals surface area contributed by atoms with E-state index < -0.39 is 0 Å². The topological polar surface area (TPSA) is 29.5 Å². The molecule has 0 heterocycles. The van der Waals surface area contributed by atoms with Gasteiger partial charge in [0.15, 0.2) is 0 Å². The minimum atomic E-state index is -0.233. The molecule has 0 aromatic heterocycles. The molecule has 1 aromatic rings. The Balaban J connectivity index is 2.80. The summed E-state index contributed by atoms with van der Waals surface area (Å²) in [6.45, 7) is 11.0. The third-order valence-corrected chi connectivity index (χ3v) is 5.55. The first-order valence-corrected chi connectivity index (χ1v) is 11.0. The lowest BCUT2D eigenvalue weighted by Gasteiger charge is -2.16. The summed E-state index contributed by atoms with van der Waals surface area (Å²) in [7, 11) is 0. The second-order valence-corrected chi connectivity index (χ2v) is 7.64. The summed E-state index contributed by atoms with van der Waals surface area (Å²) in [5.74, 6) is 0.214. The van der Waals surface area contributed by atoms with Crippen LogP contribution in [0.1, 0.15) is 53.4 Å². The van der Waals surface area contributed by atoms with Gasteiger partial charge in [0.2, 0.25) is 0 Å². The lowest BCUT2D eigenvalue weighted by atomic mass is 10.0. The van der Waals surface area contributed by atoms with Gasteiger partial charge in [-0.25, -0.2) is 4.79 Å². The number of unbranched alkanes of at least 4 members (excludes halogenated alkanes) is 1. The highest BCUT2D eigenvalue weighted by molar-refractivity contribution is 8.04. The van der Waals surface area contributed by atoms with Crippen LogP contribution in [0.25, 0.3) is 0 Å². The minimum Gasteiger partial charge on any atom is -0.461 e. The van der Waals surface area contributed by atoms with Gasteiger partial charge < -0.3 is 9.64 Å². The molecule has 1 rings (SSSR count). The highest BCUT2D eigenvalue weighted by Gasteiger charge is 2.15. The van der Waals surface area contributed by atoms with Crippen LogP contribution in [0.5, 0.6) is 0 Å². The van der Waals surface area contributed by atoms with Crippen molar-refractivity contribution in [2.75, 3.05) is 19.7 Å². The van der Waals surface area contributed by atoms with E-state index in [1.165, 1.54) is 24.6 Å². The smallest absolute Gasteiger partial charge is 0.344 e. The molecule has 1 atom stereocenters. The number of rotatable bonds is 13. The summed E-state index contributed by atoms with van der Waals surface area (Å²) in [5, 5.41) is 0. The third-order valence-electron chi connectivity index (χ3n) is 4.52. The van der Waals surface area contributed by atoms with Crippen LogP contribution in [0.3, 0.4) is 0 Å². The van der Waals surface area contributed by atoms with Crippen molar-refractivity contribution in [3.8, 4) is 0 Å². The van der Waals surface area contributed by atoms with Crippen LogP contribution >= 0.6 is 11.8 Å². The largest absolute Gasteiger partial charge is 0.461 e. The van der Waals surface area contributed by atoms with Crippen molar-refractivity contribution in [3.05, 3.63) is 53.6 Å². The zero-order valence-corrected chi connectivity index (χ0v) is 18.1. The number of allylic oxidation sites excluding steroid dienone is 2. The summed E-state index contributed by atoms with van der Waals surface area (Å²) < 4.78 is 5.66. The Morgan fingerprint density at radius 2 is 1.85 bits per heavy atom. The third kappa shape index (κ3) is 9.71. The van der Waals surface area contributed by atoms with Crippen LogP contribution in [0, 0.1) is 5.92 Å². The van der Waals surface area contributed by atoms with E-state index in [9.17, 15) is 4.79 Å². The molecule has 3 nitrogen and oxygen atoms in total. The number of hydrogen-bond donors (Lipinski definition) is 0. The average Bonchev–Trinajstić information content (AvgIpc) is 2.71. The first-order valence-electron chi connectivity index (χ1n) is 10.2. The lowest BCUT2D eigenvalue weighted by Crippen LogP contribution is -2.15. The number of carbonyl (C=O) groups is 1. The lowest BCUT2D eigenvalue weighted by molar-refractivity contribution is -0.139. The Kier molecular flexibility index (Phi) is 12.4. The second kappa shape index (κ2) is 14.4. The number of esters is 1. The molecule has 4 heteroatoms. The molecule has 0 bridgehead atoms. The number of ether oxygens (including phenoxy) is 1. The average molecular weight is 390 g/mol. The molecule has 0 aliphatic carbocycles. The predicted octanol–water partition coefficient (Wildman–Crippen LogP) is 6.28. The Labute approximate surface area is 169 Å². The second-order valence-electron chi connectivity index (χ2n) is 6.52. The van der Waals surface area contributed by atoms with Gasteiger partial charge in [0.05, 0.1) is 11.5 Å². The monoisotopic (exact) mass is 389 g/mol. The molecule has 0 N–H and O–H groups in total. The van der Waals surface area contributed by atoms with Gasteiger partial charge in [0, 0.05) is 18.0 Å². The molecule has 0 saturated heterocycles. The van der Waals surface area contributed by atoms with Crippen LogP contribution in [-0.4, -0.2) is 30.6 Å². The van der Waals surface area contributed by atoms with Crippen LogP contribution in [-0.2, 0) is 9.53 Å². The number of carbonyl (C=O) groups excluding carboxylic acids is 1. The summed E-state index contributed by atoms with van der Waals surface area (Å²) in [5.41, 5.74) is 0. The van der Waals surface area contributed by atoms with Crippen molar-refractivity contribution in [1.29, 1.82) is 0 Å². The molecule has 150 valence electrons. The van der Waals surface area contributed by atoms with Gasteiger partial charge in [-0.3, -0.25) is 0 Å². The van der Waals surface area contributed by atoms with Gasteiger partial charge in [0.25, 0.3) is 0 Å². The zero-order chi connectivity index (χ0) is 19.9. The molecule has 0 amide bonds. The maximum Gasteiger partial charge on any atom is 0.344 e. The van der Waals surface area contributed by atoms with E-state index >= 15 is 0 Å². The Morgan fingerprint density at radius 1 is 1.15 bits per heavy atom. The molecule has 1 unspecified atom stereocenters. The van der Waals surface area contributed by atoms with Crippen LogP contribution in [0.2, 0.25) is 0 Å². The van der Waals surface area contributed by atoms with Crippen LogP contribution in [0.4, 0.5) is 0 Å². The fraction of sp³-hybridized carbons (Fsp3) is 0.522. The van der Waals surface area contributed by atoms with E-state index in [0.717, 1.165) is 30.8 Å². The molecule has 0 spiro atoms. The van der Waals surface area contributed by atoms with Gasteiger partial charge in [0.1, 0.15) is 0 Å². The SMILES string of the molecule is CCCCC(CC)COC(=O)/C(=C\C=C\N(CC)CC)Sc1ccccc1. The zero-order valence-electron chi connectivity index (χ0n) is 17.3. The van der Waals surface area contributed by atoms with Gasteiger partial charge >= 0.3 is 5.97 Å². The first-order chi connectivity index (χ1) is 13.1. The highest BCUT2D eigenvalue weighted by Crippen LogP contribution is 2.28.